The number of halogens is 2. The Hall–Kier alpha value is -1.34. The fraction of sp³-hybridized carbons (Fsp3) is 0.294. The molecule has 2 aromatic carbocycles. The normalized spacial score (nSPS) is 12.5. The fourth-order valence-electron chi connectivity index (χ4n) is 2.23. The Morgan fingerprint density at radius 2 is 1.63 bits per heavy atom. The molecule has 100 valence electrons. The molecule has 0 saturated heterocycles. The number of benzene rings is 2. The van der Waals surface area contributed by atoms with E-state index in [1.165, 1.54) is 22.8 Å². The van der Waals surface area contributed by atoms with Crippen LogP contribution in [-0.2, 0) is 6.42 Å². The Morgan fingerprint density at radius 3 is 2.37 bits per heavy atom. The summed E-state index contributed by atoms with van der Waals surface area (Å²) in [7, 11) is 0. The zero-order chi connectivity index (χ0) is 14.0. The van der Waals surface area contributed by atoms with Crippen LogP contribution in [-0.4, -0.2) is 0 Å². The van der Waals surface area contributed by atoms with Crippen molar-refractivity contribution < 1.29 is 4.39 Å². The van der Waals surface area contributed by atoms with Gasteiger partial charge >= 0.3 is 0 Å². The lowest BCUT2D eigenvalue weighted by Crippen LogP contribution is -2.01. The molecular weight excluding hydrogens is 259 g/mol. The Bertz CT molecular complexity index is 590. The first-order valence-corrected chi connectivity index (χ1v) is 6.87. The summed E-state index contributed by atoms with van der Waals surface area (Å²) in [5.41, 5.74) is 5.20. The molecule has 0 spiro atoms. The van der Waals surface area contributed by atoms with Crippen molar-refractivity contribution in [3.63, 3.8) is 0 Å². The van der Waals surface area contributed by atoms with E-state index < -0.39 is 0 Å². The molecule has 1 unspecified atom stereocenters. The first-order valence-electron chi connectivity index (χ1n) is 6.43. The van der Waals surface area contributed by atoms with E-state index >= 15 is 0 Å². The van der Waals surface area contributed by atoms with Gasteiger partial charge in [0, 0.05) is 5.56 Å². The van der Waals surface area contributed by atoms with Gasteiger partial charge in [-0.2, -0.15) is 0 Å². The largest absolute Gasteiger partial charge is 0.207 e. The third-order valence-corrected chi connectivity index (χ3v) is 3.78. The summed E-state index contributed by atoms with van der Waals surface area (Å²) in [6.45, 7) is 6.06. The van der Waals surface area contributed by atoms with Gasteiger partial charge in [0.05, 0.1) is 5.38 Å². The van der Waals surface area contributed by atoms with Crippen LogP contribution in [0.1, 0.15) is 33.2 Å². The molecule has 0 aliphatic carbocycles. The molecule has 0 bridgehead atoms. The maximum absolute atomic E-state index is 13.8. The maximum atomic E-state index is 13.8. The second-order valence-corrected chi connectivity index (χ2v) is 5.65. The topological polar surface area (TPSA) is 0 Å². The van der Waals surface area contributed by atoms with Gasteiger partial charge in [-0.3, -0.25) is 0 Å². The van der Waals surface area contributed by atoms with Gasteiger partial charge < -0.3 is 0 Å². The predicted octanol–water partition coefficient (Wildman–Crippen LogP) is 5.27. The second-order valence-electron chi connectivity index (χ2n) is 5.13. The SMILES string of the molecule is Cc1ccc(C)c(CC(Cl)c2cc(C)ccc2F)c1. The maximum Gasteiger partial charge on any atom is 0.127 e. The highest BCUT2D eigenvalue weighted by atomic mass is 35.5. The van der Waals surface area contributed by atoms with Crippen molar-refractivity contribution in [3.05, 3.63) is 70.0 Å². The Morgan fingerprint density at radius 1 is 1.00 bits per heavy atom. The van der Waals surface area contributed by atoms with Crippen molar-refractivity contribution in [1.29, 1.82) is 0 Å². The van der Waals surface area contributed by atoms with Crippen LogP contribution in [0.4, 0.5) is 4.39 Å². The van der Waals surface area contributed by atoms with Crippen molar-refractivity contribution in [2.45, 2.75) is 32.6 Å². The molecule has 19 heavy (non-hydrogen) atoms. The van der Waals surface area contributed by atoms with Gasteiger partial charge in [-0.05, 0) is 44.4 Å². The highest BCUT2D eigenvalue weighted by Crippen LogP contribution is 2.29. The Balaban J connectivity index is 2.27. The minimum Gasteiger partial charge on any atom is -0.207 e. The minimum atomic E-state index is -0.333. The van der Waals surface area contributed by atoms with Crippen LogP contribution >= 0.6 is 11.6 Å². The van der Waals surface area contributed by atoms with Crippen LogP contribution in [0.15, 0.2) is 36.4 Å². The monoisotopic (exact) mass is 276 g/mol. The van der Waals surface area contributed by atoms with Crippen LogP contribution < -0.4 is 0 Å². The summed E-state index contributed by atoms with van der Waals surface area (Å²) >= 11 is 6.40. The smallest absolute Gasteiger partial charge is 0.127 e. The summed E-state index contributed by atoms with van der Waals surface area (Å²) in [6.07, 6.45) is 0.648. The van der Waals surface area contributed by atoms with Gasteiger partial charge in [0.25, 0.3) is 0 Å². The first-order chi connectivity index (χ1) is 8.97. The van der Waals surface area contributed by atoms with Crippen LogP contribution in [0.2, 0.25) is 0 Å². The molecule has 0 fully saturated rings. The van der Waals surface area contributed by atoms with Crippen LogP contribution in [0.3, 0.4) is 0 Å². The highest BCUT2D eigenvalue weighted by Gasteiger charge is 2.15. The van der Waals surface area contributed by atoms with E-state index in [0.29, 0.717) is 12.0 Å². The summed E-state index contributed by atoms with van der Waals surface area (Å²) in [5, 5.41) is -0.333. The van der Waals surface area contributed by atoms with Crippen molar-refractivity contribution >= 4 is 11.6 Å². The van der Waals surface area contributed by atoms with Gasteiger partial charge in [-0.25, -0.2) is 4.39 Å². The second kappa shape index (κ2) is 5.75. The number of aryl methyl sites for hydroxylation is 3. The highest BCUT2D eigenvalue weighted by molar-refractivity contribution is 6.21. The molecule has 0 heterocycles. The standard InChI is InChI=1S/C17H18ClF/c1-11-4-6-13(3)14(8-11)10-16(18)15-9-12(2)5-7-17(15)19/h4-9,16H,10H2,1-3H3. The number of rotatable bonds is 3. The first kappa shape index (κ1) is 14.1. The van der Waals surface area contributed by atoms with Crippen LogP contribution in [0, 0.1) is 26.6 Å². The lowest BCUT2D eigenvalue weighted by atomic mass is 9.97. The average molecular weight is 277 g/mol. The predicted molar refractivity (Wildman–Crippen MR) is 79.4 cm³/mol. The van der Waals surface area contributed by atoms with Crippen LogP contribution in [0.25, 0.3) is 0 Å². The number of hydrogen-bond donors (Lipinski definition) is 0. The molecule has 2 rings (SSSR count). The minimum absolute atomic E-state index is 0.226. The van der Waals surface area contributed by atoms with Gasteiger partial charge in [-0.15, -0.1) is 11.6 Å². The van der Waals surface area contributed by atoms with E-state index in [4.69, 9.17) is 11.6 Å². The lowest BCUT2D eigenvalue weighted by Gasteiger charge is -2.14. The molecule has 0 nitrogen and oxygen atoms in total. The zero-order valence-electron chi connectivity index (χ0n) is 11.5. The number of alkyl halides is 1. The van der Waals surface area contributed by atoms with E-state index in [2.05, 4.69) is 32.0 Å². The molecule has 0 saturated carbocycles. The Labute approximate surface area is 119 Å². The molecule has 0 radical (unpaired) electrons. The average Bonchev–Trinajstić information content (AvgIpc) is 2.36. The molecular formula is C17H18ClF. The van der Waals surface area contributed by atoms with Gasteiger partial charge in [0.1, 0.15) is 5.82 Å². The van der Waals surface area contributed by atoms with Crippen molar-refractivity contribution in [2.75, 3.05) is 0 Å². The molecule has 0 aromatic heterocycles. The van der Waals surface area contributed by atoms with Gasteiger partial charge in [-0.1, -0.05) is 41.5 Å². The fourth-order valence-corrected chi connectivity index (χ4v) is 2.56. The van der Waals surface area contributed by atoms with Crippen molar-refractivity contribution in [2.24, 2.45) is 0 Å². The number of hydrogen-bond acceptors (Lipinski definition) is 0. The van der Waals surface area contributed by atoms with E-state index in [0.717, 1.165) is 5.56 Å². The molecule has 0 amide bonds. The molecule has 1 atom stereocenters. The van der Waals surface area contributed by atoms with Crippen molar-refractivity contribution in [3.8, 4) is 0 Å². The van der Waals surface area contributed by atoms with Crippen LogP contribution in [0.5, 0.6) is 0 Å². The molecule has 0 aliphatic heterocycles. The van der Waals surface area contributed by atoms with Gasteiger partial charge in [0.2, 0.25) is 0 Å². The summed E-state index contributed by atoms with van der Waals surface area (Å²) in [6, 6.07) is 11.4. The van der Waals surface area contributed by atoms with Crippen molar-refractivity contribution in [1.82, 2.24) is 0 Å². The van der Waals surface area contributed by atoms with E-state index in [9.17, 15) is 4.39 Å². The molecule has 0 N–H and O–H groups in total. The van der Waals surface area contributed by atoms with Gasteiger partial charge in [0.15, 0.2) is 0 Å². The summed E-state index contributed by atoms with van der Waals surface area (Å²) in [5.74, 6) is -0.226. The van der Waals surface area contributed by atoms with E-state index in [1.54, 1.807) is 6.07 Å². The quantitative estimate of drug-likeness (QED) is 0.670. The third-order valence-electron chi connectivity index (χ3n) is 3.39. The van der Waals surface area contributed by atoms with E-state index in [1.807, 2.05) is 13.0 Å². The molecule has 0 aliphatic rings. The van der Waals surface area contributed by atoms with E-state index in [-0.39, 0.29) is 11.2 Å². The third kappa shape index (κ3) is 3.36. The lowest BCUT2D eigenvalue weighted by molar-refractivity contribution is 0.605. The molecule has 2 heteroatoms. The summed E-state index contributed by atoms with van der Waals surface area (Å²) < 4.78 is 13.8. The molecule has 2 aromatic rings. The zero-order valence-corrected chi connectivity index (χ0v) is 12.3. The summed E-state index contributed by atoms with van der Waals surface area (Å²) in [4.78, 5) is 0. The Kier molecular flexibility index (Phi) is 4.26.